The van der Waals surface area contributed by atoms with Crippen molar-refractivity contribution in [2.45, 2.75) is 53.4 Å². The number of anilines is 1. The molecule has 0 spiro atoms. The Bertz CT molecular complexity index is 1470. The minimum absolute atomic E-state index is 0.164. The summed E-state index contributed by atoms with van der Waals surface area (Å²) < 4.78 is 13.5. The highest BCUT2D eigenvalue weighted by molar-refractivity contribution is 6.05. The van der Waals surface area contributed by atoms with Gasteiger partial charge in [-0.3, -0.25) is 14.3 Å². The third-order valence-corrected chi connectivity index (χ3v) is 6.06. The van der Waals surface area contributed by atoms with Gasteiger partial charge in [-0.1, -0.05) is 74.5 Å². The van der Waals surface area contributed by atoms with Crippen LogP contribution >= 0.6 is 0 Å². The van der Waals surface area contributed by atoms with Crippen molar-refractivity contribution in [3.05, 3.63) is 94.8 Å². The largest absolute Gasteiger partial charge is 0.489 e. The number of carbonyl (C=O) groups is 1. The van der Waals surface area contributed by atoms with Gasteiger partial charge >= 0.3 is 6.09 Å². The first-order chi connectivity index (χ1) is 18.0. The van der Waals surface area contributed by atoms with Crippen molar-refractivity contribution in [2.24, 2.45) is 5.92 Å². The molecule has 0 saturated carbocycles. The molecular formula is C32H36N2O4. The minimum atomic E-state index is -0.677. The highest BCUT2D eigenvalue weighted by Gasteiger charge is 2.28. The Labute approximate surface area is 224 Å². The molecule has 4 rings (SSSR count). The minimum Gasteiger partial charge on any atom is -0.489 e. The number of amides is 1. The number of ether oxygens (including phenoxy) is 2. The van der Waals surface area contributed by atoms with Crippen LogP contribution in [0.3, 0.4) is 0 Å². The molecule has 0 aliphatic rings. The van der Waals surface area contributed by atoms with E-state index in [0.29, 0.717) is 30.1 Å². The molecule has 0 aliphatic carbocycles. The Morgan fingerprint density at radius 3 is 2.16 bits per heavy atom. The van der Waals surface area contributed by atoms with E-state index >= 15 is 0 Å². The molecule has 6 heteroatoms. The van der Waals surface area contributed by atoms with E-state index in [4.69, 9.17) is 9.47 Å². The Morgan fingerprint density at radius 2 is 1.55 bits per heavy atom. The molecule has 0 saturated heterocycles. The molecule has 0 N–H and O–H groups in total. The second-order valence-electron chi connectivity index (χ2n) is 10.9. The van der Waals surface area contributed by atoms with Crippen molar-refractivity contribution in [3.8, 4) is 16.9 Å². The van der Waals surface area contributed by atoms with Crippen molar-refractivity contribution >= 4 is 22.7 Å². The fraction of sp³-hybridized carbons (Fsp3) is 0.312. The summed E-state index contributed by atoms with van der Waals surface area (Å²) in [6.45, 7) is 10.4. The lowest BCUT2D eigenvalue weighted by atomic mass is 9.98. The second kappa shape index (κ2) is 11.1. The number of hydrogen-bond donors (Lipinski definition) is 0. The van der Waals surface area contributed by atoms with E-state index in [-0.39, 0.29) is 11.5 Å². The summed E-state index contributed by atoms with van der Waals surface area (Å²) in [5, 5.41) is 1.29. The number of hydrogen-bond acceptors (Lipinski definition) is 4. The number of carbonyl (C=O) groups excluding carboxylic acids is 1. The molecule has 38 heavy (non-hydrogen) atoms. The highest BCUT2D eigenvalue weighted by Crippen LogP contribution is 2.38. The summed E-state index contributed by atoms with van der Waals surface area (Å²) in [6.07, 6.45) is -0.520. The van der Waals surface area contributed by atoms with Crippen LogP contribution in [-0.2, 0) is 17.9 Å². The number of fused-ring (bicyclic) bond motifs is 1. The molecule has 0 bridgehead atoms. The fourth-order valence-corrected chi connectivity index (χ4v) is 4.44. The lowest BCUT2D eigenvalue weighted by Gasteiger charge is -2.29. The maximum atomic E-state index is 14.0. The van der Waals surface area contributed by atoms with Crippen LogP contribution in [0, 0.1) is 5.92 Å². The van der Waals surface area contributed by atoms with Gasteiger partial charge in [0, 0.05) is 19.2 Å². The number of pyridine rings is 1. The number of rotatable bonds is 7. The average Bonchev–Trinajstić information content (AvgIpc) is 2.88. The van der Waals surface area contributed by atoms with Crippen LogP contribution in [0.5, 0.6) is 5.75 Å². The van der Waals surface area contributed by atoms with E-state index in [2.05, 4.69) is 13.8 Å². The smallest absolute Gasteiger partial charge is 0.415 e. The molecular weight excluding hydrogens is 476 g/mol. The van der Waals surface area contributed by atoms with E-state index in [1.807, 2.05) is 93.6 Å². The van der Waals surface area contributed by atoms with Crippen LogP contribution in [0.1, 0.15) is 40.2 Å². The number of nitrogens with zero attached hydrogens (tertiary/aromatic N) is 2. The zero-order chi connectivity index (χ0) is 27.4. The highest BCUT2D eigenvalue weighted by atomic mass is 16.6. The normalized spacial score (nSPS) is 11.6. The van der Waals surface area contributed by atoms with E-state index in [1.54, 1.807) is 17.7 Å². The molecule has 0 aliphatic heterocycles. The second-order valence-corrected chi connectivity index (χ2v) is 10.9. The first kappa shape index (κ1) is 27.0. The maximum absolute atomic E-state index is 14.0. The third kappa shape index (κ3) is 6.08. The molecule has 198 valence electrons. The Balaban J connectivity index is 1.94. The predicted molar refractivity (Wildman–Crippen MR) is 154 cm³/mol. The van der Waals surface area contributed by atoms with Gasteiger partial charge in [0.1, 0.15) is 23.8 Å². The van der Waals surface area contributed by atoms with Crippen LogP contribution in [0.15, 0.2) is 83.7 Å². The quantitative estimate of drug-likeness (QED) is 0.261. The summed E-state index contributed by atoms with van der Waals surface area (Å²) in [5.74, 6) is 1.29. The number of benzene rings is 3. The Kier molecular flexibility index (Phi) is 7.91. The van der Waals surface area contributed by atoms with Crippen molar-refractivity contribution in [1.82, 2.24) is 4.57 Å². The summed E-state index contributed by atoms with van der Waals surface area (Å²) in [5.41, 5.74) is 1.89. The zero-order valence-corrected chi connectivity index (χ0v) is 23.0. The van der Waals surface area contributed by atoms with Gasteiger partial charge in [-0.15, -0.1) is 0 Å². The molecule has 1 amide bonds. The maximum Gasteiger partial charge on any atom is 0.415 e. The van der Waals surface area contributed by atoms with E-state index in [1.165, 1.54) is 4.90 Å². The van der Waals surface area contributed by atoms with Gasteiger partial charge < -0.3 is 9.47 Å². The molecule has 6 nitrogen and oxygen atoms in total. The first-order valence-corrected chi connectivity index (χ1v) is 12.9. The summed E-state index contributed by atoms with van der Waals surface area (Å²) in [4.78, 5) is 28.8. The molecule has 4 aromatic rings. The SMILES string of the molecule is CC(C)Cn1c(N(C)C(=O)OC(C)(C)C)c(-c2ccccc2)c2ccc(OCc3ccccc3)cc2c1=O. The molecule has 1 aromatic heterocycles. The van der Waals surface area contributed by atoms with Gasteiger partial charge in [-0.25, -0.2) is 4.79 Å². The Morgan fingerprint density at radius 1 is 0.921 bits per heavy atom. The summed E-state index contributed by atoms with van der Waals surface area (Å²) in [6, 6.07) is 25.3. The van der Waals surface area contributed by atoms with Crippen molar-refractivity contribution in [2.75, 3.05) is 11.9 Å². The fourth-order valence-electron chi connectivity index (χ4n) is 4.44. The van der Waals surface area contributed by atoms with Gasteiger partial charge in [-0.2, -0.15) is 0 Å². The average molecular weight is 513 g/mol. The summed E-state index contributed by atoms with van der Waals surface area (Å²) >= 11 is 0. The summed E-state index contributed by atoms with van der Waals surface area (Å²) in [7, 11) is 1.66. The van der Waals surface area contributed by atoms with Crippen LogP contribution in [0.25, 0.3) is 21.9 Å². The zero-order valence-electron chi connectivity index (χ0n) is 23.0. The lowest BCUT2D eigenvalue weighted by molar-refractivity contribution is 0.0587. The van der Waals surface area contributed by atoms with Gasteiger partial charge in [-0.05, 0) is 61.4 Å². The van der Waals surface area contributed by atoms with E-state index < -0.39 is 11.7 Å². The lowest BCUT2D eigenvalue weighted by Crippen LogP contribution is -2.38. The molecule has 0 unspecified atom stereocenters. The van der Waals surface area contributed by atoms with E-state index in [0.717, 1.165) is 22.1 Å². The predicted octanol–water partition coefficient (Wildman–Crippen LogP) is 7.27. The van der Waals surface area contributed by atoms with Gasteiger partial charge in [0.25, 0.3) is 5.56 Å². The molecule has 0 fully saturated rings. The molecule has 0 atom stereocenters. The van der Waals surface area contributed by atoms with Gasteiger partial charge in [0.05, 0.1) is 5.39 Å². The molecule has 3 aromatic carbocycles. The van der Waals surface area contributed by atoms with Crippen molar-refractivity contribution in [1.29, 1.82) is 0 Å². The van der Waals surface area contributed by atoms with Crippen molar-refractivity contribution in [3.63, 3.8) is 0 Å². The molecule has 1 heterocycles. The van der Waals surface area contributed by atoms with E-state index in [9.17, 15) is 9.59 Å². The van der Waals surface area contributed by atoms with Crippen LogP contribution in [0.4, 0.5) is 10.6 Å². The van der Waals surface area contributed by atoms with Crippen LogP contribution in [0.2, 0.25) is 0 Å². The number of aromatic nitrogens is 1. The standard InChI is InChI=1S/C32H36N2O4/c1-22(2)20-34-29(33(6)31(36)38-32(3,4)5)28(24-15-11-8-12-16-24)26-18-17-25(19-27(26)30(34)35)37-21-23-13-9-7-10-14-23/h7-19,22H,20-21H2,1-6H3. The van der Waals surface area contributed by atoms with Crippen LogP contribution in [-0.4, -0.2) is 23.3 Å². The third-order valence-electron chi connectivity index (χ3n) is 6.06. The molecule has 0 radical (unpaired) electrons. The monoisotopic (exact) mass is 512 g/mol. The van der Waals surface area contributed by atoms with Gasteiger partial charge in [0.15, 0.2) is 0 Å². The van der Waals surface area contributed by atoms with Gasteiger partial charge in [0.2, 0.25) is 0 Å². The Hall–Kier alpha value is -4.06. The van der Waals surface area contributed by atoms with Crippen molar-refractivity contribution < 1.29 is 14.3 Å². The first-order valence-electron chi connectivity index (χ1n) is 12.9. The van der Waals surface area contributed by atoms with Crippen LogP contribution < -0.4 is 15.2 Å². The topological polar surface area (TPSA) is 60.8 Å².